The first-order valence-corrected chi connectivity index (χ1v) is 6.45. The van der Waals surface area contributed by atoms with Crippen molar-refractivity contribution in [3.8, 4) is 0 Å². The molecule has 1 aliphatic heterocycles. The third-order valence-electron chi connectivity index (χ3n) is 3.85. The molecule has 0 bridgehead atoms. The smallest absolute Gasteiger partial charge is 0.0920 e. The van der Waals surface area contributed by atoms with Crippen LogP contribution in [0.15, 0.2) is 30.3 Å². The van der Waals surface area contributed by atoms with Crippen molar-refractivity contribution >= 4 is 0 Å². The van der Waals surface area contributed by atoms with Gasteiger partial charge in [-0.15, -0.1) is 0 Å². The normalized spacial score (nSPS) is 21.4. The largest absolute Gasteiger partial charge is 0.385 e. The van der Waals surface area contributed by atoms with Gasteiger partial charge < -0.3 is 5.11 Å². The maximum absolute atomic E-state index is 10.7. The minimum absolute atomic E-state index is 0.206. The van der Waals surface area contributed by atoms with E-state index in [4.69, 9.17) is 0 Å². The average Bonchev–Trinajstić information content (AvgIpc) is 2.29. The van der Waals surface area contributed by atoms with Crippen molar-refractivity contribution in [2.75, 3.05) is 13.1 Å². The van der Waals surface area contributed by atoms with E-state index in [1.807, 2.05) is 30.3 Å². The van der Waals surface area contributed by atoms with Gasteiger partial charge in [0.05, 0.1) is 5.60 Å². The first-order valence-electron chi connectivity index (χ1n) is 6.45. The molecule has 2 heteroatoms. The third-order valence-corrected chi connectivity index (χ3v) is 3.85. The summed E-state index contributed by atoms with van der Waals surface area (Å²) in [6.07, 6.45) is 1.66. The highest BCUT2D eigenvalue weighted by Gasteiger charge is 2.36. The Morgan fingerprint density at radius 1 is 1.06 bits per heavy atom. The lowest BCUT2D eigenvalue weighted by atomic mass is 9.83. The van der Waals surface area contributed by atoms with Crippen LogP contribution in [0.25, 0.3) is 0 Å². The number of likely N-dealkylation sites (tertiary alicyclic amines) is 1. The molecule has 1 saturated heterocycles. The highest BCUT2D eigenvalue weighted by molar-refractivity contribution is 5.23. The van der Waals surface area contributed by atoms with Crippen molar-refractivity contribution in [3.05, 3.63) is 35.9 Å². The van der Waals surface area contributed by atoms with Gasteiger partial charge in [-0.2, -0.15) is 0 Å². The molecule has 1 aromatic rings. The first-order chi connectivity index (χ1) is 7.92. The summed E-state index contributed by atoms with van der Waals surface area (Å²) in [6, 6.07) is 10.1. The first kappa shape index (κ1) is 12.6. The summed E-state index contributed by atoms with van der Waals surface area (Å²) in [5.41, 5.74) is 0.648. The zero-order chi connectivity index (χ0) is 12.5. The van der Waals surface area contributed by atoms with Crippen LogP contribution in [0.3, 0.4) is 0 Å². The molecule has 2 nitrogen and oxygen atoms in total. The zero-order valence-electron chi connectivity index (χ0n) is 11.1. The van der Waals surface area contributed by atoms with Crippen molar-refractivity contribution < 1.29 is 5.11 Å². The quantitative estimate of drug-likeness (QED) is 0.806. The Hall–Kier alpha value is -0.860. The molecule has 1 aliphatic rings. The van der Waals surface area contributed by atoms with Crippen LogP contribution in [0, 0.1) is 0 Å². The fourth-order valence-electron chi connectivity index (χ4n) is 2.58. The highest BCUT2D eigenvalue weighted by atomic mass is 16.3. The van der Waals surface area contributed by atoms with E-state index in [2.05, 4.69) is 25.7 Å². The Morgan fingerprint density at radius 3 is 2.06 bits per heavy atom. The Kier molecular flexibility index (Phi) is 3.28. The summed E-state index contributed by atoms with van der Waals surface area (Å²) in [5, 5.41) is 10.7. The molecule has 1 N–H and O–H groups in total. The molecule has 0 radical (unpaired) electrons. The molecular weight excluding hydrogens is 210 g/mol. The second-order valence-corrected chi connectivity index (χ2v) is 6.06. The molecule has 0 amide bonds. The highest BCUT2D eigenvalue weighted by Crippen LogP contribution is 2.34. The molecule has 1 aromatic carbocycles. The SMILES string of the molecule is CC(C)(C)N1CCC(O)(c2ccccc2)CC1. The minimum Gasteiger partial charge on any atom is -0.385 e. The summed E-state index contributed by atoms with van der Waals surface area (Å²) in [5.74, 6) is 0. The number of hydrogen-bond donors (Lipinski definition) is 1. The second kappa shape index (κ2) is 4.43. The number of nitrogens with zero attached hydrogens (tertiary/aromatic N) is 1. The van der Waals surface area contributed by atoms with E-state index < -0.39 is 5.60 Å². The molecule has 1 heterocycles. The van der Waals surface area contributed by atoms with Crippen molar-refractivity contribution in [2.24, 2.45) is 0 Å². The summed E-state index contributed by atoms with van der Waals surface area (Å²) in [4.78, 5) is 2.45. The van der Waals surface area contributed by atoms with Crippen LogP contribution in [0.4, 0.5) is 0 Å². The Bertz CT molecular complexity index is 358. The lowest BCUT2D eigenvalue weighted by molar-refractivity contribution is -0.0461. The monoisotopic (exact) mass is 233 g/mol. The maximum atomic E-state index is 10.7. The fourth-order valence-corrected chi connectivity index (χ4v) is 2.58. The van der Waals surface area contributed by atoms with E-state index in [-0.39, 0.29) is 5.54 Å². The third kappa shape index (κ3) is 2.70. The lowest BCUT2D eigenvalue weighted by Crippen LogP contribution is -2.50. The van der Waals surface area contributed by atoms with Crippen LogP contribution in [0.5, 0.6) is 0 Å². The maximum Gasteiger partial charge on any atom is 0.0920 e. The Morgan fingerprint density at radius 2 is 1.59 bits per heavy atom. The summed E-state index contributed by atoms with van der Waals surface area (Å²) < 4.78 is 0. The van der Waals surface area contributed by atoms with Crippen LogP contribution in [0.2, 0.25) is 0 Å². The molecular formula is C15H23NO. The molecule has 0 spiro atoms. The van der Waals surface area contributed by atoms with Crippen molar-refractivity contribution in [3.63, 3.8) is 0 Å². The molecule has 0 aliphatic carbocycles. The molecule has 1 fully saturated rings. The topological polar surface area (TPSA) is 23.5 Å². The molecule has 94 valence electrons. The second-order valence-electron chi connectivity index (χ2n) is 6.06. The molecule has 17 heavy (non-hydrogen) atoms. The van der Waals surface area contributed by atoms with Gasteiger partial charge >= 0.3 is 0 Å². The van der Waals surface area contributed by atoms with Gasteiger partial charge in [-0.3, -0.25) is 4.90 Å². The number of piperidine rings is 1. The van der Waals surface area contributed by atoms with E-state index in [1.165, 1.54) is 0 Å². The number of rotatable bonds is 1. The van der Waals surface area contributed by atoms with Gasteiger partial charge in [0.2, 0.25) is 0 Å². The van der Waals surface area contributed by atoms with Gasteiger partial charge in [0.15, 0.2) is 0 Å². The van der Waals surface area contributed by atoms with Gasteiger partial charge in [-0.1, -0.05) is 30.3 Å². The minimum atomic E-state index is -0.622. The Labute approximate surface area is 104 Å². The zero-order valence-corrected chi connectivity index (χ0v) is 11.1. The standard InChI is InChI=1S/C15H23NO/c1-14(2,3)16-11-9-15(17,10-12-16)13-7-5-4-6-8-13/h4-8,17H,9-12H2,1-3H3. The van der Waals surface area contributed by atoms with Crippen LogP contribution in [-0.2, 0) is 5.60 Å². The number of aliphatic hydroxyl groups is 1. The van der Waals surface area contributed by atoms with E-state index in [1.54, 1.807) is 0 Å². The van der Waals surface area contributed by atoms with Gasteiger partial charge in [-0.25, -0.2) is 0 Å². The van der Waals surface area contributed by atoms with Gasteiger partial charge in [0.25, 0.3) is 0 Å². The van der Waals surface area contributed by atoms with Crippen molar-refractivity contribution in [1.29, 1.82) is 0 Å². The summed E-state index contributed by atoms with van der Waals surface area (Å²) in [6.45, 7) is 8.64. The van der Waals surface area contributed by atoms with Crippen LogP contribution < -0.4 is 0 Å². The summed E-state index contributed by atoms with van der Waals surface area (Å²) in [7, 11) is 0. The predicted molar refractivity (Wildman–Crippen MR) is 70.9 cm³/mol. The molecule has 0 atom stereocenters. The molecule has 2 rings (SSSR count). The summed E-state index contributed by atoms with van der Waals surface area (Å²) >= 11 is 0. The van der Waals surface area contributed by atoms with Crippen molar-refractivity contribution in [1.82, 2.24) is 4.90 Å². The predicted octanol–water partition coefficient (Wildman–Crippen LogP) is 2.77. The van der Waals surface area contributed by atoms with Gasteiger partial charge in [0, 0.05) is 18.6 Å². The average molecular weight is 233 g/mol. The lowest BCUT2D eigenvalue weighted by Gasteiger charge is -2.44. The van der Waals surface area contributed by atoms with E-state index >= 15 is 0 Å². The van der Waals surface area contributed by atoms with E-state index in [0.29, 0.717) is 0 Å². The number of hydrogen-bond acceptors (Lipinski definition) is 2. The number of benzene rings is 1. The molecule has 0 saturated carbocycles. The van der Waals surface area contributed by atoms with Crippen LogP contribution >= 0.6 is 0 Å². The molecule has 0 unspecified atom stereocenters. The van der Waals surface area contributed by atoms with Crippen LogP contribution in [0.1, 0.15) is 39.2 Å². The van der Waals surface area contributed by atoms with E-state index in [0.717, 1.165) is 31.5 Å². The van der Waals surface area contributed by atoms with E-state index in [9.17, 15) is 5.11 Å². The molecule has 0 aromatic heterocycles. The Balaban J connectivity index is 2.08. The van der Waals surface area contributed by atoms with Gasteiger partial charge in [0.1, 0.15) is 0 Å². The van der Waals surface area contributed by atoms with Crippen LogP contribution in [-0.4, -0.2) is 28.6 Å². The van der Waals surface area contributed by atoms with Crippen molar-refractivity contribution in [2.45, 2.75) is 44.8 Å². The fraction of sp³-hybridized carbons (Fsp3) is 0.600. The van der Waals surface area contributed by atoms with Gasteiger partial charge in [-0.05, 0) is 39.2 Å².